The summed E-state index contributed by atoms with van der Waals surface area (Å²) in [4.78, 5) is 0. The highest BCUT2D eigenvalue weighted by Gasteiger charge is 2.15. The van der Waals surface area contributed by atoms with Crippen LogP contribution in [0.2, 0.25) is 0 Å². The maximum atomic E-state index is 13.7. The van der Waals surface area contributed by atoms with Gasteiger partial charge in [0, 0.05) is 12.1 Å². The Bertz CT molecular complexity index is 601. The Morgan fingerprint density at radius 2 is 1.60 bits per heavy atom. The molecule has 0 fully saturated rings. The second-order valence-corrected chi connectivity index (χ2v) is 5.08. The SMILES string of the molecule is Cc1ccc(F)c(NCc2c(F)ccc(Br)c2F)c1F. The number of hydrogen-bond acceptors (Lipinski definition) is 1. The fourth-order valence-corrected chi connectivity index (χ4v) is 2.10. The van der Waals surface area contributed by atoms with Crippen LogP contribution in [0.4, 0.5) is 23.2 Å². The molecule has 6 heteroatoms. The maximum Gasteiger partial charge on any atom is 0.152 e. The molecular weight excluding hydrogens is 338 g/mol. The van der Waals surface area contributed by atoms with Gasteiger partial charge in [-0.2, -0.15) is 0 Å². The number of nitrogens with one attached hydrogen (secondary N) is 1. The van der Waals surface area contributed by atoms with Gasteiger partial charge in [-0.3, -0.25) is 0 Å². The molecule has 0 unspecified atom stereocenters. The third kappa shape index (κ3) is 2.80. The molecule has 0 aromatic heterocycles. The number of aryl methyl sites for hydroxylation is 1. The Balaban J connectivity index is 2.31. The average molecular weight is 348 g/mol. The standard InChI is InChI=1S/C14H10BrF4N/c1-7-2-4-11(17)14(12(7)18)20-6-8-10(16)5-3-9(15)13(8)19/h2-5,20H,6H2,1H3. The normalized spacial score (nSPS) is 10.7. The molecule has 0 aliphatic heterocycles. The van der Waals surface area contributed by atoms with Gasteiger partial charge >= 0.3 is 0 Å². The van der Waals surface area contributed by atoms with Gasteiger partial charge in [-0.25, -0.2) is 17.6 Å². The first-order valence-electron chi connectivity index (χ1n) is 5.72. The van der Waals surface area contributed by atoms with E-state index in [4.69, 9.17) is 0 Å². The van der Waals surface area contributed by atoms with E-state index in [1.165, 1.54) is 19.1 Å². The van der Waals surface area contributed by atoms with Crippen molar-refractivity contribution in [3.05, 3.63) is 63.1 Å². The molecule has 2 aromatic rings. The Kier molecular flexibility index (Phi) is 4.32. The van der Waals surface area contributed by atoms with Crippen LogP contribution in [0.3, 0.4) is 0 Å². The first kappa shape index (κ1) is 14.8. The molecule has 1 nitrogen and oxygen atoms in total. The van der Waals surface area contributed by atoms with E-state index in [-0.39, 0.29) is 22.1 Å². The van der Waals surface area contributed by atoms with Gasteiger partial charge in [0.1, 0.15) is 23.1 Å². The lowest BCUT2D eigenvalue weighted by Crippen LogP contribution is -2.08. The zero-order valence-electron chi connectivity index (χ0n) is 10.4. The lowest BCUT2D eigenvalue weighted by molar-refractivity contribution is 0.552. The quantitative estimate of drug-likeness (QED) is 0.613. The first-order chi connectivity index (χ1) is 9.41. The highest BCUT2D eigenvalue weighted by atomic mass is 79.9. The molecular formula is C14H10BrF4N. The smallest absolute Gasteiger partial charge is 0.152 e. The van der Waals surface area contributed by atoms with Crippen molar-refractivity contribution in [2.75, 3.05) is 5.32 Å². The molecule has 0 bridgehead atoms. The summed E-state index contributed by atoms with van der Waals surface area (Å²) < 4.78 is 54.6. The predicted octanol–water partition coefficient (Wildman–Crippen LogP) is 4.93. The van der Waals surface area contributed by atoms with Crippen LogP contribution in [0.25, 0.3) is 0 Å². The molecule has 0 aliphatic rings. The highest BCUT2D eigenvalue weighted by molar-refractivity contribution is 9.10. The van der Waals surface area contributed by atoms with Crippen LogP contribution < -0.4 is 5.32 Å². The van der Waals surface area contributed by atoms with E-state index >= 15 is 0 Å². The van der Waals surface area contributed by atoms with E-state index in [2.05, 4.69) is 21.2 Å². The summed E-state index contributed by atoms with van der Waals surface area (Å²) in [5.74, 6) is -3.18. The van der Waals surface area contributed by atoms with Gasteiger partial charge in [0.05, 0.1) is 4.47 Å². The topological polar surface area (TPSA) is 12.0 Å². The molecule has 0 radical (unpaired) electrons. The average Bonchev–Trinajstić information content (AvgIpc) is 2.42. The fourth-order valence-electron chi connectivity index (χ4n) is 1.73. The van der Waals surface area contributed by atoms with Gasteiger partial charge in [-0.15, -0.1) is 0 Å². The highest BCUT2D eigenvalue weighted by Crippen LogP contribution is 2.25. The zero-order chi connectivity index (χ0) is 14.9. The Morgan fingerprint density at radius 1 is 0.950 bits per heavy atom. The van der Waals surface area contributed by atoms with E-state index in [0.717, 1.165) is 12.1 Å². The molecule has 2 rings (SSSR count). The number of anilines is 1. The van der Waals surface area contributed by atoms with E-state index < -0.39 is 29.0 Å². The van der Waals surface area contributed by atoms with Crippen LogP contribution >= 0.6 is 15.9 Å². The number of benzene rings is 2. The van der Waals surface area contributed by atoms with Crippen molar-refractivity contribution in [3.8, 4) is 0 Å². The first-order valence-corrected chi connectivity index (χ1v) is 6.52. The van der Waals surface area contributed by atoms with Crippen molar-refractivity contribution in [2.45, 2.75) is 13.5 Å². The Morgan fingerprint density at radius 3 is 2.30 bits per heavy atom. The summed E-state index contributed by atoms with van der Waals surface area (Å²) in [6.45, 7) is 1.11. The van der Waals surface area contributed by atoms with Crippen molar-refractivity contribution in [1.29, 1.82) is 0 Å². The second kappa shape index (κ2) is 5.83. The Labute approximate surface area is 121 Å². The zero-order valence-corrected chi connectivity index (χ0v) is 12.0. The fraction of sp³-hybridized carbons (Fsp3) is 0.143. The summed E-state index contributed by atoms with van der Waals surface area (Å²) >= 11 is 2.93. The molecule has 0 heterocycles. The molecule has 106 valence electrons. The molecule has 20 heavy (non-hydrogen) atoms. The third-order valence-electron chi connectivity index (χ3n) is 2.87. The minimum Gasteiger partial charge on any atom is -0.376 e. The minimum atomic E-state index is -0.816. The van der Waals surface area contributed by atoms with Crippen LogP contribution in [0.5, 0.6) is 0 Å². The number of hydrogen-bond donors (Lipinski definition) is 1. The largest absolute Gasteiger partial charge is 0.376 e. The monoisotopic (exact) mass is 347 g/mol. The van der Waals surface area contributed by atoms with Crippen molar-refractivity contribution < 1.29 is 17.6 Å². The van der Waals surface area contributed by atoms with Gasteiger partial charge < -0.3 is 5.32 Å². The van der Waals surface area contributed by atoms with Crippen LogP contribution in [-0.2, 0) is 6.54 Å². The summed E-state index contributed by atoms with van der Waals surface area (Å²) in [6, 6.07) is 4.68. The lowest BCUT2D eigenvalue weighted by Gasteiger charge is -2.12. The van der Waals surface area contributed by atoms with Crippen LogP contribution in [-0.4, -0.2) is 0 Å². The molecule has 1 N–H and O–H groups in total. The summed E-state index contributed by atoms with van der Waals surface area (Å²) in [5.41, 5.74) is -0.451. The predicted molar refractivity (Wildman–Crippen MR) is 72.5 cm³/mol. The van der Waals surface area contributed by atoms with Crippen molar-refractivity contribution >= 4 is 21.6 Å². The molecule has 0 spiro atoms. The van der Waals surface area contributed by atoms with E-state index in [1.54, 1.807) is 0 Å². The van der Waals surface area contributed by atoms with Crippen molar-refractivity contribution in [3.63, 3.8) is 0 Å². The number of rotatable bonds is 3. The molecule has 0 saturated carbocycles. The van der Waals surface area contributed by atoms with Gasteiger partial charge in [0.25, 0.3) is 0 Å². The molecule has 0 atom stereocenters. The summed E-state index contributed by atoms with van der Waals surface area (Å²) in [5, 5.41) is 2.40. The third-order valence-corrected chi connectivity index (χ3v) is 3.48. The second-order valence-electron chi connectivity index (χ2n) is 4.23. The molecule has 0 amide bonds. The van der Waals surface area contributed by atoms with E-state index in [0.29, 0.717) is 0 Å². The maximum absolute atomic E-state index is 13.7. The van der Waals surface area contributed by atoms with Gasteiger partial charge in [-0.1, -0.05) is 6.07 Å². The molecule has 2 aromatic carbocycles. The summed E-state index contributed by atoms with van der Waals surface area (Å²) in [7, 11) is 0. The lowest BCUT2D eigenvalue weighted by atomic mass is 10.1. The van der Waals surface area contributed by atoms with E-state index in [9.17, 15) is 17.6 Å². The number of halogens is 5. The minimum absolute atomic E-state index is 0.0842. The van der Waals surface area contributed by atoms with Crippen molar-refractivity contribution in [1.82, 2.24) is 0 Å². The van der Waals surface area contributed by atoms with E-state index in [1.807, 2.05) is 0 Å². The van der Waals surface area contributed by atoms with Gasteiger partial charge in [-0.05, 0) is 46.6 Å². The van der Waals surface area contributed by atoms with Crippen LogP contribution in [0.1, 0.15) is 11.1 Å². The van der Waals surface area contributed by atoms with Gasteiger partial charge in [0.15, 0.2) is 5.82 Å². The molecule has 0 aliphatic carbocycles. The summed E-state index contributed by atoms with van der Waals surface area (Å²) in [6.07, 6.45) is 0. The van der Waals surface area contributed by atoms with Gasteiger partial charge in [0.2, 0.25) is 0 Å². The van der Waals surface area contributed by atoms with Crippen LogP contribution in [0, 0.1) is 30.2 Å². The van der Waals surface area contributed by atoms with Crippen molar-refractivity contribution in [2.24, 2.45) is 0 Å². The van der Waals surface area contributed by atoms with Crippen LogP contribution in [0.15, 0.2) is 28.7 Å². The molecule has 0 saturated heterocycles. The Hall–Kier alpha value is -1.56.